The number of hydrogen-bond donors (Lipinski definition) is 2. The van der Waals surface area contributed by atoms with E-state index in [0.29, 0.717) is 16.7 Å². The Morgan fingerprint density at radius 1 is 1.23 bits per heavy atom. The van der Waals surface area contributed by atoms with Crippen LogP contribution in [0.15, 0.2) is 24.3 Å². The highest BCUT2D eigenvalue weighted by molar-refractivity contribution is 7.80. The van der Waals surface area contributed by atoms with Gasteiger partial charge in [0.15, 0.2) is 5.11 Å². The topological polar surface area (TPSA) is 24.1 Å². The van der Waals surface area contributed by atoms with Gasteiger partial charge in [-0.1, -0.05) is 12.5 Å². The van der Waals surface area contributed by atoms with Crippen molar-refractivity contribution in [2.75, 3.05) is 11.9 Å². The monoisotopic (exact) mass is 328 g/mol. The minimum absolute atomic E-state index is 0.361. The lowest BCUT2D eigenvalue weighted by atomic mass is 9.89. The molecule has 2 fully saturated rings. The molecule has 2 saturated carbocycles. The van der Waals surface area contributed by atoms with Crippen LogP contribution < -0.4 is 10.6 Å². The van der Waals surface area contributed by atoms with Crippen molar-refractivity contribution < 1.29 is 13.2 Å². The number of anilines is 1. The molecule has 2 aliphatic carbocycles. The fourth-order valence-electron chi connectivity index (χ4n) is 3.80. The predicted octanol–water partition coefficient (Wildman–Crippen LogP) is 4.43. The summed E-state index contributed by atoms with van der Waals surface area (Å²) in [5.74, 6) is 2.33. The van der Waals surface area contributed by atoms with Crippen LogP contribution in [0.4, 0.5) is 18.9 Å². The maximum atomic E-state index is 12.7. The Morgan fingerprint density at radius 3 is 2.68 bits per heavy atom. The average molecular weight is 328 g/mol. The SMILES string of the molecule is FC(F)(F)c1cccc(NC(=S)NC[C@@H]2C[C@H]3CC[C@H]2C3)c1. The molecule has 0 aromatic heterocycles. The number of nitrogens with one attached hydrogen (secondary N) is 2. The van der Waals surface area contributed by atoms with Gasteiger partial charge in [-0.25, -0.2) is 0 Å². The molecule has 1 aromatic carbocycles. The minimum atomic E-state index is -4.34. The van der Waals surface area contributed by atoms with Crippen molar-refractivity contribution in [1.29, 1.82) is 0 Å². The van der Waals surface area contributed by atoms with E-state index < -0.39 is 11.7 Å². The number of alkyl halides is 3. The number of halogens is 3. The molecule has 2 aliphatic rings. The lowest BCUT2D eigenvalue weighted by Gasteiger charge is -2.22. The third-order valence-corrected chi connectivity index (χ3v) is 5.10. The number of fused-ring (bicyclic) bond motifs is 2. The molecular formula is C16H19F3N2S. The molecular weight excluding hydrogens is 309 g/mol. The highest BCUT2D eigenvalue weighted by Crippen LogP contribution is 2.47. The second-order valence-corrected chi connectivity index (χ2v) is 6.76. The summed E-state index contributed by atoms with van der Waals surface area (Å²) in [6.45, 7) is 0.811. The predicted molar refractivity (Wildman–Crippen MR) is 84.6 cm³/mol. The van der Waals surface area contributed by atoms with Crippen LogP contribution in [-0.4, -0.2) is 11.7 Å². The van der Waals surface area contributed by atoms with Crippen molar-refractivity contribution in [3.63, 3.8) is 0 Å². The molecule has 0 saturated heterocycles. The van der Waals surface area contributed by atoms with Crippen molar-refractivity contribution >= 4 is 23.0 Å². The quantitative estimate of drug-likeness (QED) is 0.803. The van der Waals surface area contributed by atoms with E-state index >= 15 is 0 Å². The zero-order valence-corrected chi connectivity index (χ0v) is 12.9. The van der Waals surface area contributed by atoms with E-state index in [0.717, 1.165) is 30.5 Å². The second kappa shape index (κ2) is 6.07. The Kier molecular flexibility index (Phi) is 4.30. The van der Waals surface area contributed by atoms with Crippen molar-refractivity contribution in [2.24, 2.45) is 17.8 Å². The van der Waals surface area contributed by atoms with Crippen molar-refractivity contribution in [3.05, 3.63) is 29.8 Å². The van der Waals surface area contributed by atoms with Crippen molar-refractivity contribution in [2.45, 2.75) is 31.9 Å². The molecule has 0 radical (unpaired) electrons. The summed E-state index contributed by atoms with van der Waals surface area (Å²) < 4.78 is 38.0. The first kappa shape index (κ1) is 15.6. The van der Waals surface area contributed by atoms with Crippen molar-refractivity contribution in [3.8, 4) is 0 Å². The smallest absolute Gasteiger partial charge is 0.362 e. The molecule has 3 atom stereocenters. The average Bonchev–Trinajstić information content (AvgIpc) is 3.07. The van der Waals surface area contributed by atoms with Gasteiger partial charge in [-0.2, -0.15) is 13.2 Å². The van der Waals surface area contributed by atoms with Crippen LogP contribution in [0.25, 0.3) is 0 Å². The summed E-state index contributed by atoms with van der Waals surface area (Å²) in [5, 5.41) is 6.39. The van der Waals surface area contributed by atoms with Gasteiger partial charge in [0.25, 0.3) is 0 Å². The van der Waals surface area contributed by atoms with Gasteiger partial charge in [0, 0.05) is 12.2 Å². The van der Waals surface area contributed by atoms with Crippen LogP contribution in [0, 0.1) is 17.8 Å². The van der Waals surface area contributed by atoms with Gasteiger partial charge in [0.2, 0.25) is 0 Å². The van der Waals surface area contributed by atoms with E-state index in [1.807, 2.05) is 0 Å². The van der Waals surface area contributed by atoms with Gasteiger partial charge >= 0.3 is 6.18 Å². The Bertz CT molecular complexity index is 559. The highest BCUT2D eigenvalue weighted by atomic mass is 32.1. The molecule has 3 rings (SSSR count). The van der Waals surface area contributed by atoms with Crippen LogP contribution >= 0.6 is 12.2 Å². The normalized spacial score (nSPS) is 27.0. The van der Waals surface area contributed by atoms with Gasteiger partial charge < -0.3 is 10.6 Å². The Morgan fingerprint density at radius 2 is 2.05 bits per heavy atom. The second-order valence-electron chi connectivity index (χ2n) is 6.35. The first-order valence-electron chi connectivity index (χ1n) is 7.64. The van der Waals surface area contributed by atoms with Crippen LogP contribution in [0.5, 0.6) is 0 Å². The van der Waals surface area contributed by atoms with E-state index in [-0.39, 0.29) is 0 Å². The minimum Gasteiger partial charge on any atom is -0.362 e. The molecule has 2 nitrogen and oxygen atoms in total. The van der Waals surface area contributed by atoms with Gasteiger partial charge in [0.1, 0.15) is 0 Å². The Hall–Kier alpha value is -1.30. The molecule has 120 valence electrons. The molecule has 0 unspecified atom stereocenters. The number of hydrogen-bond acceptors (Lipinski definition) is 1. The zero-order chi connectivity index (χ0) is 15.7. The number of thiocarbonyl (C=S) groups is 1. The molecule has 0 amide bonds. The van der Waals surface area contributed by atoms with Gasteiger partial charge in [-0.05, 0) is 67.4 Å². The Balaban J connectivity index is 1.51. The molecule has 22 heavy (non-hydrogen) atoms. The molecule has 6 heteroatoms. The van der Waals surface area contributed by atoms with Crippen LogP contribution in [0.2, 0.25) is 0 Å². The van der Waals surface area contributed by atoms with Crippen LogP contribution in [0.1, 0.15) is 31.2 Å². The first-order chi connectivity index (χ1) is 10.4. The van der Waals surface area contributed by atoms with E-state index in [4.69, 9.17) is 12.2 Å². The summed E-state index contributed by atoms with van der Waals surface area (Å²) in [7, 11) is 0. The summed E-state index contributed by atoms with van der Waals surface area (Å²) in [6.07, 6.45) is 0.915. The standard InChI is InChI=1S/C16H19F3N2S/c17-16(18,19)13-2-1-3-14(8-13)21-15(22)20-9-12-7-10-4-5-11(12)6-10/h1-3,8,10-12H,4-7,9H2,(H2,20,21,22)/t10-,11-,12-/m0/s1. The number of benzene rings is 1. The van der Waals surface area contributed by atoms with E-state index in [1.54, 1.807) is 6.07 Å². The molecule has 1 aromatic rings. The fraction of sp³-hybridized carbons (Fsp3) is 0.562. The van der Waals surface area contributed by atoms with Crippen LogP contribution in [0.3, 0.4) is 0 Å². The summed E-state index contributed by atoms with van der Waals surface area (Å²) in [6, 6.07) is 5.09. The lowest BCUT2D eigenvalue weighted by Crippen LogP contribution is -2.34. The third-order valence-electron chi connectivity index (χ3n) is 4.86. The number of rotatable bonds is 3. The maximum Gasteiger partial charge on any atom is 0.416 e. The van der Waals surface area contributed by atoms with Crippen molar-refractivity contribution in [1.82, 2.24) is 5.32 Å². The van der Waals surface area contributed by atoms with Gasteiger partial charge in [-0.15, -0.1) is 0 Å². The fourth-order valence-corrected chi connectivity index (χ4v) is 4.00. The third kappa shape index (κ3) is 3.54. The Labute approximate surface area is 133 Å². The van der Waals surface area contributed by atoms with Gasteiger partial charge in [-0.3, -0.25) is 0 Å². The molecule has 2 N–H and O–H groups in total. The molecule has 0 spiro atoms. The van der Waals surface area contributed by atoms with Gasteiger partial charge in [0.05, 0.1) is 5.56 Å². The van der Waals surface area contributed by atoms with E-state index in [2.05, 4.69) is 10.6 Å². The zero-order valence-electron chi connectivity index (χ0n) is 12.1. The van der Waals surface area contributed by atoms with E-state index in [1.165, 1.54) is 31.7 Å². The first-order valence-corrected chi connectivity index (χ1v) is 8.05. The lowest BCUT2D eigenvalue weighted by molar-refractivity contribution is -0.137. The molecule has 2 bridgehead atoms. The largest absolute Gasteiger partial charge is 0.416 e. The molecule has 0 heterocycles. The summed E-state index contributed by atoms with van der Waals surface area (Å²) >= 11 is 5.19. The van der Waals surface area contributed by atoms with Crippen LogP contribution in [-0.2, 0) is 6.18 Å². The van der Waals surface area contributed by atoms with E-state index in [9.17, 15) is 13.2 Å². The molecule has 0 aliphatic heterocycles. The summed E-state index contributed by atoms with van der Waals surface area (Å²) in [5.41, 5.74) is -0.311. The highest BCUT2D eigenvalue weighted by Gasteiger charge is 2.39. The summed E-state index contributed by atoms with van der Waals surface area (Å²) in [4.78, 5) is 0. The maximum absolute atomic E-state index is 12.7.